The van der Waals surface area contributed by atoms with Gasteiger partial charge in [0, 0.05) is 22.8 Å². The number of aryl methyl sites for hydroxylation is 2. The minimum atomic E-state index is -0.530. The number of thiazole rings is 1. The quantitative estimate of drug-likeness (QED) is 0.285. The molecule has 11 nitrogen and oxygen atoms in total. The first-order valence-electron chi connectivity index (χ1n) is 13.3. The van der Waals surface area contributed by atoms with Crippen molar-refractivity contribution in [3.63, 3.8) is 0 Å². The maximum Gasteiger partial charge on any atom is 0.266 e. The second-order valence-electron chi connectivity index (χ2n) is 10.3. The van der Waals surface area contributed by atoms with Crippen LogP contribution >= 0.6 is 11.3 Å². The molecule has 0 bridgehead atoms. The number of nitrogens with two attached hydrogens (primary N) is 1. The Bertz CT molecular complexity index is 2100. The third kappa shape index (κ3) is 4.44. The van der Waals surface area contributed by atoms with Crippen molar-refractivity contribution >= 4 is 33.1 Å². The first kappa shape index (κ1) is 27.0. The lowest BCUT2D eigenvalue weighted by Gasteiger charge is -2.17. The van der Waals surface area contributed by atoms with E-state index in [1.165, 1.54) is 17.7 Å². The zero-order valence-corrected chi connectivity index (χ0v) is 24.5. The van der Waals surface area contributed by atoms with Gasteiger partial charge in [-0.2, -0.15) is 10.4 Å². The molecule has 0 spiro atoms. The average Bonchev–Trinajstić information content (AvgIpc) is 3.54. The Morgan fingerprint density at radius 2 is 1.90 bits per heavy atom. The van der Waals surface area contributed by atoms with E-state index in [0.29, 0.717) is 38.5 Å². The summed E-state index contributed by atoms with van der Waals surface area (Å²) in [5.74, 6) is 0.468. The van der Waals surface area contributed by atoms with Crippen LogP contribution in [0.25, 0.3) is 38.4 Å². The number of ether oxygens (including phenoxy) is 1. The van der Waals surface area contributed by atoms with Gasteiger partial charge < -0.3 is 10.5 Å². The molecule has 42 heavy (non-hydrogen) atoms. The normalized spacial score (nSPS) is 12.2. The van der Waals surface area contributed by atoms with Crippen molar-refractivity contribution in [2.45, 2.75) is 46.8 Å². The fraction of sp³-hybridized carbons (Fsp3) is 0.233. The van der Waals surface area contributed by atoms with E-state index < -0.39 is 6.04 Å². The highest BCUT2D eigenvalue weighted by Crippen LogP contribution is 2.36. The van der Waals surface area contributed by atoms with Crippen molar-refractivity contribution in [2.24, 2.45) is 0 Å². The van der Waals surface area contributed by atoms with Crippen molar-refractivity contribution < 1.29 is 4.74 Å². The van der Waals surface area contributed by atoms with E-state index in [1.807, 2.05) is 64.3 Å². The van der Waals surface area contributed by atoms with Crippen LogP contribution in [-0.4, -0.2) is 40.2 Å². The number of nitrogen functional groups attached to an aromatic ring is 1. The summed E-state index contributed by atoms with van der Waals surface area (Å²) in [7, 11) is 0. The Kier molecular flexibility index (Phi) is 6.67. The summed E-state index contributed by atoms with van der Waals surface area (Å²) in [5, 5.41) is 17.2. The van der Waals surface area contributed by atoms with Gasteiger partial charge in [-0.15, -0.1) is 11.3 Å². The molecule has 0 amide bonds. The Morgan fingerprint density at radius 3 is 2.64 bits per heavy atom. The molecule has 1 atom stereocenters. The van der Waals surface area contributed by atoms with Crippen molar-refractivity contribution in [2.75, 3.05) is 5.73 Å². The highest BCUT2D eigenvalue weighted by Gasteiger charge is 2.27. The van der Waals surface area contributed by atoms with Crippen LogP contribution in [0.5, 0.6) is 5.88 Å². The molecule has 0 unspecified atom stereocenters. The smallest absolute Gasteiger partial charge is 0.266 e. The van der Waals surface area contributed by atoms with Crippen LogP contribution in [0, 0.1) is 25.2 Å². The molecule has 0 fully saturated rings. The monoisotopic (exact) mass is 577 g/mol. The molecule has 6 aromatic rings. The Hall–Kier alpha value is -5.15. The lowest BCUT2D eigenvalue weighted by Crippen LogP contribution is -2.23. The number of fused-ring (bicyclic) bond motifs is 2. The van der Waals surface area contributed by atoms with Gasteiger partial charge in [-0.3, -0.25) is 9.20 Å². The fourth-order valence-electron chi connectivity index (χ4n) is 5.03. The topological polar surface area (TPSA) is 150 Å². The second-order valence-corrected chi connectivity index (χ2v) is 11.2. The van der Waals surface area contributed by atoms with Crippen LogP contribution in [-0.2, 0) is 0 Å². The van der Waals surface area contributed by atoms with Gasteiger partial charge in [0.1, 0.15) is 29.5 Å². The van der Waals surface area contributed by atoms with Crippen LogP contribution in [0.3, 0.4) is 0 Å². The molecular formula is C30H27N9O2S. The number of benzene rings is 1. The van der Waals surface area contributed by atoms with Gasteiger partial charge in [0.05, 0.1) is 28.8 Å². The van der Waals surface area contributed by atoms with Crippen LogP contribution in [0.15, 0.2) is 53.0 Å². The molecule has 0 aliphatic rings. The lowest BCUT2D eigenvalue weighted by atomic mass is 10.00. The van der Waals surface area contributed by atoms with Gasteiger partial charge in [-0.25, -0.2) is 24.6 Å². The third-order valence-electron chi connectivity index (χ3n) is 6.95. The lowest BCUT2D eigenvalue weighted by molar-refractivity contribution is 0.232. The number of pyridine rings is 1. The van der Waals surface area contributed by atoms with Crippen LogP contribution in [0.4, 0.5) is 5.82 Å². The highest BCUT2D eigenvalue weighted by molar-refractivity contribution is 7.15. The van der Waals surface area contributed by atoms with Gasteiger partial charge in [0.25, 0.3) is 5.56 Å². The number of nitriles is 1. The Balaban J connectivity index is 1.59. The fourth-order valence-corrected chi connectivity index (χ4v) is 5.90. The van der Waals surface area contributed by atoms with E-state index in [4.69, 9.17) is 20.6 Å². The predicted octanol–water partition coefficient (Wildman–Crippen LogP) is 5.09. The van der Waals surface area contributed by atoms with Crippen molar-refractivity contribution in [3.8, 4) is 34.3 Å². The standard InChI is InChI=1S/C30H27N9O2S/c1-15(2)41-28-20(11-31)10-21(12-33-28)25-23-26(32)34-14-35-27(23)39(37-25)18(5)24-22(19-8-6-7-16(3)9-19)29(40)38-17(4)13-42-30(38)36-24/h6-10,12-15,18H,1-5H3,(H2,32,34,35)/t18-/m0/s1. The van der Waals surface area contributed by atoms with Crippen LogP contribution in [0.1, 0.15) is 49.3 Å². The third-order valence-corrected chi connectivity index (χ3v) is 7.89. The number of rotatable bonds is 6. The zero-order chi connectivity index (χ0) is 29.7. The summed E-state index contributed by atoms with van der Waals surface area (Å²) in [6, 6.07) is 11.1. The van der Waals surface area contributed by atoms with E-state index >= 15 is 0 Å². The maximum atomic E-state index is 14.0. The summed E-state index contributed by atoms with van der Waals surface area (Å²) in [5.41, 5.74) is 11.6. The van der Waals surface area contributed by atoms with Crippen LogP contribution < -0.4 is 16.0 Å². The highest BCUT2D eigenvalue weighted by atomic mass is 32.1. The molecule has 0 radical (unpaired) electrons. The molecule has 210 valence electrons. The average molecular weight is 578 g/mol. The summed E-state index contributed by atoms with van der Waals surface area (Å²) < 4.78 is 9.04. The van der Waals surface area contributed by atoms with Crippen molar-refractivity contribution in [1.82, 2.24) is 34.1 Å². The Morgan fingerprint density at radius 1 is 1.10 bits per heavy atom. The second kappa shape index (κ2) is 10.4. The maximum absolute atomic E-state index is 14.0. The molecular weight excluding hydrogens is 550 g/mol. The van der Waals surface area contributed by atoms with Gasteiger partial charge in [0.2, 0.25) is 5.88 Å². The largest absolute Gasteiger partial charge is 0.474 e. The van der Waals surface area contributed by atoms with E-state index in [-0.39, 0.29) is 28.9 Å². The minimum absolute atomic E-state index is 0.149. The van der Waals surface area contributed by atoms with Gasteiger partial charge in [-0.05, 0) is 46.2 Å². The minimum Gasteiger partial charge on any atom is -0.474 e. The van der Waals surface area contributed by atoms with E-state index in [2.05, 4.69) is 21.0 Å². The van der Waals surface area contributed by atoms with Gasteiger partial charge in [-0.1, -0.05) is 29.8 Å². The SMILES string of the molecule is Cc1cccc(-c2c([C@H](C)n3nc(-c4cnc(OC(C)C)c(C#N)c4)c4c(N)ncnc43)nc3scc(C)n3c2=O)c1. The summed E-state index contributed by atoms with van der Waals surface area (Å²) >= 11 is 1.41. The molecule has 5 aromatic heterocycles. The van der Waals surface area contributed by atoms with Gasteiger partial charge >= 0.3 is 0 Å². The molecule has 0 aliphatic heterocycles. The molecule has 2 N–H and O–H groups in total. The van der Waals surface area contributed by atoms with E-state index in [1.54, 1.807) is 21.3 Å². The molecule has 0 saturated heterocycles. The number of hydrogen-bond acceptors (Lipinski definition) is 10. The van der Waals surface area contributed by atoms with Crippen molar-refractivity contribution in [3.05, 3.63) is 81.1 Å². The Labute approximate surface area is 244 Å². The van der Waals surface area contributed by atoms with Gasteiger partial charge in [0.15, 0.2) is 10.6 Å². The molecule has 1 aromatic carbocycles. The number of anilines is 1. The predicted molar refractivity (Wildman–Crippen MR) is 162 cm³/mol. The van der Waals surface area contributed by atoms with Crippen molar-refractivity contribution in [1.29, 1.82) is 5.26 Å². The summed E-state index contributed by atoms with van der Waals surface area (Å²) in [6.07, 6.45) is 2.81. The van der Waals surface area contributed by atoms with Crippen LogP contribution in [0.2, 0.25) is 0 Å². The number of nitrogens with zero attached hydrogens (tertiary/aromatic N) is 8. The zero-order valence-electron chi connectivity index (χ0n) is 23.7. The van der Waals surface area contributed by atoms with E-state index in [9.17, 15) is 10.1 Å². The molecule has 12 heteroatoms. The molecule has 6 rings (SSSR count). The number of hydrogen-bond donors (Lipinski definition) is 1. The van der Waals surface area contributed by atoms with E-state index in [0.717, 1.165) is 16.8 Å². The molecule has 5 heterocycles. The summed E-state index contributed by atoms with van der Waals surface area (Å²) in [4.78, 5) is 32.7. The molecule has 0 aliphatic carbocycles. The summed E-state index contributed by atoms with van der Waals surface area (Å²) in [6.45, 7) is 9.53. The first-order valence-corrected chi connectivity index (χ1v) is 14.2. The number of aromatic nitrogens is 7. The first-order chi connectivity index (χ1) is 20.2. The molecule has 0 saturated carbocycles.